The Bertz CT molecular complexity index is 1160. The van der Waals surface area contributed by atoms with Gasteiger partial charge in [-0.2, -0.15) is 5.26 Å². The van der Waals surface area contributed by atoms with Crippen LogP contribution in [0, 0.1) is 17.1 Å². The molecule has 1 atom stereocenters. The number of piperidine rings is 1. The molecule has 2 fully saturated rings. The third-order valence-corrected chi connectivity index (χ3v) is 8.71. The third-order valence-electron chi connectivity index (χ3n) is 8.71. The number of alkyl halides is 1. The summed E-state index contributed by atoms with van der Waals surface area (Å²) in [5.74, 6) is -0.243. The van der Waals surface area contributed by atoms with Gasteiger partial charge >= 0.3 is 0 Å². The number of fused-ring (bicyclic) bond motifs is 1. The highest BCUT2D eigenvalue weighted by Crippen LogP contribution is 2.29. The lowest BCUT2D eigenvalue weighted by atomic mass is 9.86. The average molecular weight is 521 g/mol. The lowest BCUT2D eigenvalue weighted by molar-refractivity contribution is 0.00869. The SMILES string of the molecule is CN(CC(CCN1CC(N2CCC(F)CC2)C1)c1ccc(F)cc1)C(=O)c1cc(C#N)cc2c1CCCC2. The van der Waals surface area contributed by atoms with E-state index in [2.05, 4.69) is 15.9 Å². The number of halogens is 2. The van der Waals surface area contributed by atoms with Gasteiger partial charge in [-0.3, -0.25) is 9.69 Å². The van der Waals surface area contributed by atoms with Crippen molar-refractivity contribution in [2.45, 2.75) is 63.1 Å². The molecule has 0 spiro atoms. The fourth-order valence-electron chi connectivity index (χ4n) is 6.37. The summed E-state index contributed by atoms with van der Waals surface area (Å²) < 4.78 is 27.2. The van der Waals surface area contributed by atoms with Gasteiger partial charge in [-0.1, -0.05) is 12.1 Å². The molecule has 2 aliphatic heterocycles. The molecule has 0 N–H and O–H groups in total. The lowest BCUT2D eigenvalue weighted by Crippen LogP contribution is -2.61. The second-order valence-electron chi connectivity index (χ2n) is 11.3. The lowest BCUT2D eigenvalue weighted by Gasteiger charge is -2.47. The average Bonchev–Trinajstić information content (AvgIpc) is 2.91. The van der Waals surface area contributed by atoms with Crippen LogP contribution in [-0.4, -0.2) is 79.1 Å². The first-order valence-electron chi connectivity index (χ1n) is 14.1. The fraction of sp³-hybridized carbons (Fsp3) is 0.548. The van der Waals surface area contributed by atoms with Crippen LogP contribution in [0.15, 0.2) is 36.4 Å². The van der Waals surface area contributed by atoms with Gasteiger partial charge in [-0.05, 0) is 92.4 Å². The Hall–Kier alpha value is -2.82. The van der Waals surface area contributed by atoms with Crippen LogP contribution in [0.3, 0.4) is 0 Å². The maximum atomic E-state index is 13.7. The minimum Gasteiger partial charge on any atom is -0.341 e. The highest BCUT2D eigenvalue weighted by molar-refractivity contribution is 5.96. The summed E-state index contributed by atoms with van der Waals surface area (Å²) in [5.41, 5.74) is 4.45. The first kappa shape index (κ1) is 26.8. The molecule has 2 saturated heterocycles. The van der Waals surface area contributed by atoms with E-state index < -0.39 is 6.17 Å². The maximum absolute atomic E-state index is 13.7. The summed E-state index contributed by atoms with van der Waals surface area (Å²) in [5, 5.41) is 9.53. The fourth-order valence-corrected chi connectivity index (χ4v) is 6.37. The van der Waals surface area contributed by atoms with E-state index in [1.165, 1.54) is 12.1 Å². The molecule has 38 heavy (non-hydrogen) atoms. The number of hydrogen-bond donors (Lipinski definition) is 0. The van der Waals surface area contributed by atoms with Crippen molar-refractivity contribution in [3.05, 3.63) is 70.0 Å². The molecule has 7 heteroatoms. The Morgan fingerprint density at radius 3 is 2.55 bits per heavy atom. The highest BCUT2D eigenvalue weighted by atomic mass is 19.1. The Morgan fingerprint density at radius 1 is 1.13 bits per heavy atom. The van der Waals surface area contributed by atoms with E-state index in [1.807, 2.05) is 25.2 Å². The molecule has 1 amide bonds. The molecule has 0 aromatic heterocycles. The van der Waals surface area contributed by atoms with Crippen LogP contribution in [0.5, 0.6) is 0 Å². The molecule has 5 nitrogen and oxygen atoms in total. The van der Waals surface area contributed by atoms with Gasteiger partial charge in [0, 0.05) is 57.3 Å². The molecule has 5 rings (SSSR count). The van der Waals surface area contributed by atoms with Crippen molar-refractivity contribution in [3.63, 3.8) is 0 Å². The number of nitriles is 1. The number of hydrogen-bond acceptors (Lipinski definition) is 4. The van der Waals surface area contributed by atoms with Crippen molar-refractivity contribution < 1.29 is 13.6 Å². The van der Waals surface area contributed by atoms with E-state index in [1.54, 1.807) is 11.0 Å². The zero-order valence-corrected chi connectivity index (χ0v) is 22.3. The summed E-state index contributed by atoms with van der Waals surface area (Å²) in [4.78, 5) is 20.3. The predicted molar refractivity (Wildman–Crippen MR) is 144 cm³/mol. The molecule has 0 bridgehead atoms. The van der Waals surface area contributed by atoms with E-state index in [-0.39, 0.29) is 17.6 Å². The summed E-state index contributed by atoms with van der Waals surface area (Å²) in [6, 6.07) is 13.1. The van der Waals surface area contributed by atoms with Crippen LogP contribution in [0.1, 0.15) is 70.6 Å². The summed E-state index contributed by atoms with van der Waals surface area (Å²) in [6.07, 6.45) is 5.43. The molecule has 2 aromatic rings. The van der Waals surface area contributed by atoms with Crippen molar-refractivity contribution >= 4 is 5.91 Å². The number of nitrogens with zero attached hydrogens (tertiary/aromatic N) is 4. The number of likely N-dealkylation sites (tertiary alicyclic amines) is 2. The minimum absolute atomic E-state index is 0.0485. The van der Waals surface area contributed by atoms with Gasteiger partial charge in [-0.15, -0.1) is 0 Å². The van der Waals surface area contributed by atoms with Crippen molar-refractivity contribution in [2.24, 2.45) is 0 Å². The first-order valence-corrected chi connectivity index (χ1v) is 14.1. The van der Waals surface area contributed by atoms with Crippen molar-refractivity contribution in [1.82, 2.24) is 14.7 Å². The first-order chi connectivity index (χ1) is 18.4. The smallest absolute Gasteiger partial charge is 0.253 e. The van der Waals surface area contributed by atoms with Crippen LogP contribution in [0.25, 0.3) is 0 Å². The van der Waals surface area contributed by atoms with Gasteiger partial charge in [-0.25, -0.2) is 8.78 Å². The van der Waals surface area contributed by atoms with Gasteiger partial charge < -0.3 is 9.80 Å². The van der Waals surface area contributed by atoms with Gasteiger partial charge in [0.15, 0.2) is 0 Å². The van der Waals surface area contributed by atoms with Crippen LogP contribution < -0.4 is 0 Å². The Balaban J connectivity index is 1.25. The number of likely N-dealkylation sites (N-methyl/N-ethyl adjacent to an activating group) is 1. The molecule has 0 saturated carbocycles. The van der Waals surface area contributed by atoms with E-state index in [9.17, 15) is 18.8 Å². The maximum Gasteiger partial charge on any atom is 0.253 e. The summed E-state index contributed by atoms with van der Waals surface area (Å²) in [7, 11) is 1.83. The van der Waals surface area contributed by atoms with E-state index >= 15 is 0 Å². The minimum atomic E-state index is -0.647. The number of benzene rings is 2. The Morgan fingerprint density at radius 2 is 1.84 bits per heavy atom. The standard InChI is InChI=1S/C31H38F2N4O/c1-35(31(38)30-17-22(18-34)16-24-4-2-3-5-29(24)30)19-25(23-6-8-26(32)9-7-23)10-13-36-20-28(21-36)37-14-11-27(33)12-15-37/h6-9,16-17,25,27-28H,2-5,10-15,19-21H2,1H3. The van der Waals surface area contributed by atoms with Gasteiger partial charge in [0.25, 0.3) is 5.91 Å². The van der Waals surface area contributed by atoms with Crippen molar-refractivity contribution in [3.8, 4) is 6.07 Å². The van der Waals surface area contributed by atoms with Gasteiger partial charge in [0.05, 0.1) is 11.6 Å². The number of carbonyl (C=O) groups is 1. The molecule has 0 radical (unpaired) electrons. The van der Waals surface area contributed by atoms with Crippen molar-refractivity contribution in [2.75, 3.05) is 46.3 Å². The zero-order chi connectivity index (χ0) is 26.6. The van der Waals surface area contributed by atoms with E-state index in [0.29, 0.717) is 36.6 Å². The molecule has 2 aromatic carbocycles. The molecule has 3 aliphatic rings. The van der Waals surface area contributed by atoms with Crippen LogP contribution in [0.4, 0.5) is 8.78 Å². The van der Waals surface area contributed by atoms with Crippen LogP contribution >= 0.6 is 0 Å². The molecular weight excluding hydrogens is 482 g/mol. The third kappa shape index (κ3) is 6.08. The predicted octanol–water partition coefficient (Wildman–Crippen LogP) is 4.94. The number of amides is 1. The number of aryl methyl sites for hydroxylation is 1. The van der Waals surface area contributed by atoms with E-state index in [0.717, 1.165) is 81.5 Å². The Labute approximate surface area is 225 Å². The van der Waals surface area contributed by atoms with Gasteiger partial charge in [0.2, 0.25) is 0 Å². The second-order valence-corrected chi connectivity index (χ2v) is 11.3. The molecule has 202 valence electrons. The molecule has 1 aliphatic carbocycles. The zero-order valence-electron chi connectivity index (χ0n) is 22.3. The number of rotatable bonds is 8. The normalized spacial score (nSPS) is 19.8. The molecule has 2 heterocycles. The largest absolute Gasteiger partial charge is 0.341 e. The summed E-state index contributed by atoms with van der Waals surface area (Å²) in [6.45, 7) is 5.11. The quantitative estimate of drug-likeness (QED) is 0.495. The Kier molecular flexibility index (Phi) is 8.40. The monoisotopic (exact) mass is 520 g/mol. The van der Waals surface area contributed by atoms with Crippen molar-refractivity contribution in [1.29, 1.82) is 5.26 Å². The summed E-state index contributed by atoms with van der Waals surface area (Å²) >= 11 is 0. The second kappa shape index (κ2) is 11.9. The van der Waals surface area contributed by atoms with Crippen LogP contribution in [-0.2, 0) is 12.8 Å². The van der Waals surface area contributed by atoms with E-state index in [4.69, 9.17) is 0 Å². The topological polar surface area (TPSA) is 50.6 Å². The highest BCUT2D eigenvalue weighted by Gasteiger charge is 2.34. The van der Waals surface area contributed by atoms with Crippen LogP contribution in [0.2, 0.25) is 0 Å². The molecular formula is C31H38F2N4O. The van der Waals surface area contributed by atoms with Gasteiger partial charge in [0.1, 0.15) is 12.0 Å². The molecule has 1 unspecified atom stereocenters. The number of carbonyl (C=O) groups excluding carboxylic acids is 1.